The van der Waals surface area contributed by atoms with Crippen molar-refractivity contribution >= 4 is 35.6 Å². The second-order valence-corrected chi connectivity index (χ2v) is 8.86. The maximum absolute atomic E-state index is 13.0. The third-order valence-electron chi connectivity index (χ3n) is 5.54. The first-order valence-corrected chi connectivity index (χ1v) is 12.2. The SMILES string of the molecule is CC(O)C(NC(=O)C(CCC(=O)O)NC(=O)C(N)Cc1ccccc1)C(=O)NC(CCCN=C(N)N)C(=O)O. The van der Waals surface area contributed by atoms with Crippen molar-refractivity contribution in [2.24, 2.45) is 22.2 Å². The number of nitrogens with two attached hydrogens (primary N) is 3. The summed E-state index contributed by atoms with van der Waals surface area (Å²) in [5.74, 6) is -5.45. The van der Waals surface area contributed by atoms with E-state index >= 15 is 0 Å². The van der Waals surface area contributed by atoms with E-state index in [0.29, 0.717) is 0 Å². The molecule has 39 heavy (non-hydrogen) atoms. The molecule has 0 heterocycles. The summed E-state index contributed by atoms with van der Waals surface area (Å²) in [5.41, 5.74) is 17.2. The Morgan fingerprint density at radius 3 is 2.05 bits per heavy atom. The van der Waals surface area contributed by atoms with Gasteiger partial charge in [0.25, 0.3) is 0 Å². The van der Waals surface area contributed by atoms with Crippen LogP contribution in [-0.4, -0.2) is 87.8 Å². The summed E-state index contributed by atoms with van der Waals surface area (Å²) in [4.78, 5) is 64.8. The Morgan fingerprint density at radius 2 is 1.51 bits per heavy atom. The number of rotatable bonds is 17. The first-order valence-electron chi connectivity index (χ1n) is 12.2. The molecule has 0 saturated carbocycles. The predicted octanol–water partition coefficient (Wildman–Crippen LogP) is -2.61. The van der Waals surface area contributed by atoms with Crippen LogP contribution >= 0.6 is 0 Å². The van der Waals surface area contributed by atoms with Crippen molar-refractivity contribution in [1.82, 2.24) is 16.0 Å². The molecular formula is C24H37N7O8. The predicted molar refractivity (Wildman–Crippen MR) is 140 cm³/mol. The average molecular weight is 552 g/mol. The van der Waals surface area contributed by atoms with Gasteiger partial charge in [0.1, 0.15) is 18.1 Å². The van der Waals surface area contributed by atoms with Gasteiger partial charge in [-0.25, -0.2) is 4.79 Å². The van der Waals surface area contributed by atoms with Gasteiger partial charge in [0.05, 0.1) is 12.1 Å². The number of hydrogen-bond donors (Lipinski definition) is 9. The number of carboxylic acids is 2. The molecule has 1 aromatic rings. The summed E-state index contributed by atoms with van der Waals surface area (Å²) in [6.45, 7) is 1.32. The average Bonchev–Trinajstić information content (AvgIpc) is 2.86. The van der Waals surface area contributed by atoms with E-state index in [-0.39, 0.29) is 38.2 Å². The molecule has 3 amide bonds. The number of carbonyl (C=O) groups is 5. The number of hydrogen-bond acceptors (Lipinski definition) is 8. The van der Waals surface area contributed by atoms with Crippen LogP contribution < -0.4 is 33.2 Å². The van der Waals surface area contributed by atoms with E-state index in [1.165, 1.54) is 6.92 Å². The second-order valence-electron chi connectivity index (χ2n) is 8.86. The molecule has 5 unspecified atom stereocenters. The van der Waals surface area contributed by atoms with Crippen molar-refractivity contribution in [3.05, 3.63) is 35.9 Å². The van der Waals surface area contributed by atoms with E-state index in [9.17, 15) is 34.2 Å². The van der Waals surface area contributed by atoms with Crippen molar-refractivity contribution in [2.45, 2.75) is 69.3 Å². The highest BCUT2D eigenvalue weighted by atomic mass is 16.4. The number of aliphatic hydroxyl groups is 1. The highest BCUT2D eigenvalue weighted by molar-refractivity contribution is 5.94. The summed E-state index contributed by atoms with van der Waals surface area (Å²) in [5, 5.41) is 35.5. The largest absolute Gasteiger partial charge is 0.481 e. The summed E-state index contributed by atoms with van der Waals surface area (Å²) < 4.78 is 0. The quantitative estimate of drug-likeness (QED) is 0.0549. The lowest BCUT2D eigenvalue weighted by Gasteiger charge is -2.26. The Hall–Kier alpha value is -4.24. The fourth-order valence-corrected chi connectivity index (χ4v) is 3.46. The minimum absolute atomic E-state index is 0.0467. The van der Waals surface area contributed by atoms with Gasteiger partial charge < -0.3 is 48.5 Å². The molecule has 0 saturated heterocycles. The maximum atomic E-state index is 13.0. The van der Waals surface area contributed by atoms with E-state index in [4.69, 9.17) is 22.3 Å². The van der Waals surface area contributed by atoms with Gasteiger partial charge in [-0.15, -0.1) is 0 Å². The minimum atomic E-state index is -1.61. The summed E-state index contributed by atoms with van der Waals surface area (Å²) in [7, 11) is 0. The fraction of sp³-hybridized carbons (Fsp3) is 0.500. The van der Waals surface area contributed by atoms with Gasteiger partial charge in [0, 0.05) is 13.0 Å². The van der Waals surface area contributed by atoms with Gasteiger partial charge in [0.15, 0.2) is 5.96 Å². The van der Waals surface area contributed by atoms with E-state index in [2.05, 4.69) is 20.9 Å². The van der Waals surface area contributed by atoms with Crippen molar-refractivity contribution < 1.29 is 39.3 Å². The number of aliphatic carboxylic acids is 2. The number of carboxylic acid groups (broad SMARTS) is 2. The first-order chi connectivity index (χ1) is 18.3. The zero-order valence-corrected chi connectivity index (χ0v) is 21.6. The number of guanidine groups is 1. The number of nitrogens with zero attached hydrogens (tertiary/aromatic N) is 1. The summed E-state index contributed by atoms with van der Waals surface area (Å²) in [6, 6.07) is 3.41. The number of aliphatic imine (C=N–C) groups is 1. The van der Waals surface area contributed by atoms with Crippen LogP contribution in [0.25, 0.3) is 0 Å². The van der Waals surface area contributed by atoms with Crippen LogP contribution in [0.3, 0.4) is 0 Å². The van der Waals surface area contributed by atoms with Crippen molar-refractivity contribution in [1.29, 1.82) is 0 Å². The Balaban J connectivity index is 2.92. The Bertz CT molecular complexity index is 1010. The van der Waals surface area contributed by atoms with E-state index in [1.54, 1.807) is 30.3 Å². The molecule has 0 aromatic heterocycles. The van der Waals surface area contributed by atoms with E-state index in [0.717, 1.165) is 5.56 Å². The molecule has 1 rings (SSSR count). The first kappa shape index (κ1) is 32.8. The lowest BCUT2D eigenvalue weighted by atomic mass is 10.0. The van der Waals surface area contributed by atoms with Gasteiger partial charge in [-0.05, 0) is 38.2 Å². The number of benzene rings is 1. The standard InChI is InChI=1S/C24H37N7O8/c1-13(32)19(22(37)30-17(23(38)39)8-5-11-28-24(26)27)31-21(36)16(9-10-18(33)34)29-20(35)15(25)12-14-6-3-2-4-7-14/h2-4,6-7,13,15-17,19,32H,5,8-12,25H2,1H3,(H,29,35)(H,30,37)(H,31,36)(H,33,34)(H,38,39)(H4,26,27,28). The van der Waals surface area contributed by atoms with Crippen LogP contribution in [-0.2, 0) is 30.4 Å². The van der Waals surface area contributed by atoms with Crippen molar-refractivity contribution in [3.63, 3.8) is 0 Å². The van der Waals surface area contributed by atoms with E-state index in [1.807, 2.05) is 0 Å². The van der Waals surface area contributed by atoms with Crippen LogP contribution in [0.5, 0.6) is 0 Å². The molecule has 0 bridgehead atoms. The van der Waals surface area contributed by atoms with Crippen LogP contribution in [0.4, 0.5) is 0 Å². The molecule has 0 radical (unpaired) electrons. The monoisotopic (exact) mass is 551 g/mol. The molecule has 0 aliphatic carbocycles. The molecular weight excluding hydrogens is 514 g/mol. The zero-order valence-electron chi connectivity index (χ0n) is 21.6. The molecule has 0 aliphatic rings. The fourth-order valence-electron chi connectivity index (χ4n) is 3.46. The molecule has 12 N–H and O–H groups in total. The van der Waals surface area contributed by atoms with Crippen molar-refractivity contribution in [2.75, 3.05) is 6.54 Å². The van der Waals surface area contributed by atoms with Gasteiger partial charge in [-0.2, -0.15) is 0 Å². The maximum Gasteiger partial charge on any atom is 0.326 e. The number of amides is 3. The third kappa shape index (κ3) is 12.7. The van der Waals surface area contributed by atoms with E-state index < -0.39 is 66.4 Å². The Kier molecular flexibility index (Phi) is 13.9. The Labute approximate surface area is 225 Å². The Morgan fingerprint density at radius 1 is 0.897 bits per heavy atom. The van der Waals surface area contributed by atoms with Gasteiger partial charge in [0.2, 0.25) is 17.7 Å². The van der Waals surface area contributed by atoms with Crippen LogP contribution in [0.2, 0.25) is 0 Å². The molecule has 0 spiro atoms. The third-order valence-corrected chi connectivity index (χ3v) is 5.54. The lowest BCUT2D eigenvalue weighted by molar-refractivity contribution is -0.143. The van der Waals surface area contributed by atoms with Gasteiger partial charge in [-0.3, -0.25) is 24.2 Å². The molecule has 216 valence electrons. The molecule has 15 nitrogen and oxygen atoms in total. The molecule has 5 atom stereocenters. The van der Waals surface area contributed by atoms with Crippen molar-refractivity contribution in [3.8, 4) is 0 Å². The summed E-state index contributed by atoms with van der Waals surface area (Å²) >= 11 is 0. The van der Waals surface area contributed by atoms with Gasteiger partial charge in [-0.1, -0.05) is 30.3 Å². The minimum Gasteiger partial charge on any atom is -0.481 e. The number of carbonyl (C=O) groups excluding carboxylic acids is 3. The van der Waals surface area contributed by atoms with Gasteiger partial charge >= 0.3 is 11.9 Å². The summed E-state index contributed by atoms with van der Waals surface area (Å²) in [6.07, 6.45) is -1.97. The topological polar surface area (TPSA) is 273 Å². The highest BCUT2D eigenvalue weighted by Crippen LogP contribution is 2.06. The van der Waals surface area contributed by atoms with Crippen LogP contribution in [0.15, 0.2) is 35.3 Å². The normalized spacial score (nSPS) is 14.5. The molecule has 15 heteroatoms. The van der Waals surface area contributed by atoms with Crippen LogP contribution in [0.1, 0.15) is 38.2 Å². The number of nitrogens with one attached hydrogen (secondary N) is 3. The lowest BCUT2D eigenvalue weighted by Crippen LogP contribution is -2.60. The number of aliphatic hydroxyl groups excluding tert-OH is 1. The molecule has 1 aromatic carbocycles. The zero-order chi connectivity index (χ0) is 29.5. The molecule has 0 aliphatic heterocycles. The smallest absolute Gasteiger partial charge is 0.326 e. The second kappa shape index (κ2) is 16.6. The highest BCUT2D eigenvalue weighted by Gasteiger charge is 2.32. The molecule has 0 fully saturated rings. The van der Waals surface area contributed by atoms with Crippen LogP contribution in [0, 0.1) is 0 Å².